The van der Waals surface area contributed by atoms with Gasteiger partial charge >= 0.3 is 0 Å². The highest BCUT2D eigenvalue weighted by atomic mass is 35.5. The maximum Gasteiger partial charge on any atom is 0.240 e. The molecule has 1 fully saturated rings. The van der Waals surface area contributed by atoms with Gasteiger partial charge in [0.05, 0.1) is 30.2 Å². The summed E-state index contributed by atoms with van der Waals surface area (Å²) in [5.41, 5.74) is 5.40. The van der Waals surface area contributed by atoms with Gasteiger partial charge in [-0.15, -0.1) is 0 Å². The SMILES string of the molecule is CN1CCN(CC(=O)N(C)c2ccc(N=C(c3ccc4c(c3)OCCN4C)C3C(=O)Nc4cc(Cl)ccc43)cc2)CC1. The van der Waals surface area contributed by atoms with E-state index in [1.807, 2.05) is 55.6 Å². The fourth-order valence-corrected chi connectivity index (χ4v) is 5.83. The number of likely N-dealkylation sites (N-methyl/N-ethyl adjacent to an activating group) is 3. The number of piperazine rings is 1. The lowest BCUT2D eigenvalue weighted by Gasteiger charge is -2.32. The Morgan fingerprint density at radius 1 is 1.02 bits per heavy atom. The maximum atomic E-state index is 13.4. The molecule has 3 aromatic rings. The number of nitrogens with zero attached hydrogens (tertiary/aromatic N) is 5. The summed E-state index contributed by atoms with van der Waals surface area (Å²) in [7, 11) is 5.94. The summed E-state index contributed by atoms with van der Waals surface area (Å²) in [5.74, 6) is 0.0321. The van der Waals surface area contributed by atoms with Crippen molar-refractivity contribution < 1.29 is 14.3 Å². The van der Waals surface area contributed by atoms with Crippen LogP contribution in [-0.2, 0) is 9.59 Å². The van der Waals surface area contributed by atoms with Crippen LogP contribution in [0.25, 0.3) is 0 Å². The number of hydrogen-bond acceptors (Lipinski definition) is 7. The minimum Gasteiger partial charge on any atom is -0.490 e. The highest BCUT2D eigenvalue weighted by molar-refractivity contribution is 6.31. The van der Waals surface area contributed by atoms with Gasteiger partial charge in [-0.2, -0.15) is 0 Å². The lowest BCUT2D eigenvalue weighted by Crippen LogP contribution is -2.48. The minimum atomic E-state index is -0.621. The molecule has 0 spiro atoms. The first kappa shape index (κ1) is 28.2. The van der Waals surface area contributed by atoms with Crippen LogP contribution in [0.15, 0.2) is 65.7 Å². The summed E-state index contributed by atoms with van der Waals surface area (Å²) < 4.78 is 5.98. The van der Waals surface area contributed by atoms with Crippen LogP contribution in [0.5, 0.6) is 5.75 Å². The van der Waals surface area contributed by atoms with E-state index < -0.39 is 5.92 Å². The van der Waals surface area contributed by atoms with Crippen molar-refractivity contribution in [2.75, 3.05) is 82.1 Å². The van der Waals surface area contributed by atoms with Crippen LogP contribution in [-0.4, -0.2) is 94.3 Å². The van der Waals surface area contributed by atoms with Gasteiger partial charge in [0.2, 0.25) is 11.8 Å². The first-order chi connectivity index (χ1) is 20.3. The number of carbonyl (C=O) groups excluding carboxylic acids is 2. The fourth-order valence-electron chi connectivity index (χ4n) is 5.66. The summed E-state index contributed by atoms with van der Waals surface area (Å²) >= 11 is 6.23. The average molecular weight is 587 g/mol. The van der Waals surface area contributed by atoms with E-state index in [1.54, 1.807) is 24.1 Å². The number of fused-ring (bicyclic) bond motifs is 2. The third kappa shape index (κ3) is 5.72. The summed E-state index contributed by atoms with van der Waals surface area (Å²) in [6, 6.07) is 19.0. The largest absolute Gasteiger partial charge is 0.490 e. The van der Waals surface area contributed by atoms with Gasteiger partial charge in [-0.05, 0) is 61.1 Å². The first-order valence-electron chi connectivity index (χ1n) is 14.2. The van der Waals surface area contributed by atoms with Crippen molar-refractivity contribution in [3.63, 3.8) is 0 Å². The first-order valence-corrected chi connectivity index (χ1v) is 14.6. The fraction of sp³-hybridized carbons (Fsp3) is 0.344. The molecule has 42 heavy (non-hydrogen) atoms. The van der Waals surface area contributed by atoms with Crippen molar-refractivity contribution in [3.8, 4) is 5.75 Å². The molecular weight excluding hydrogens is 552 g/mol. The van der Waals surface area contributed by atoms with Crippen LogP contribution in [0, 0.1) is 0 Å². The van der Waals surface area contributed by atoms with Crippen LogP contribution >= 0.6 is 11.6 Å². The van der Waals surface area contributed by atoms with Crippen LogP contribution in [0.4, 0.5) is 22.7 Å². The number of carbonyl (C=O) groups is 2. The van der Waals surface area contributed by atoms with Crippen molar-refractivity contribution in [3.05, 3.63) is 76.8 Å². The third-order valence-electron chi connectivity index (χ3n) is 8.29. The zero-order valence-electron chi connectivity index (χ0n) is 24.1. The predicted octanol–water partition coefficient (Wildman–Crippen LogP) is 4.24. The standard InChI is InChI=1S/C32H35ClN6O3/c1-36-12-14-39(15-13-36)20-29(40)38(3)24-8-6-23(7-9-24)34-31(21-4-11-27-28(18-21)42-17-16-37(27)2)30-25-10-5-22(33)19-26(25)35-32(30)41/h4-11,18-19,30H,12-17,20H2,1-3H3,(H,35,41). The highest BCUT2D eigenvalue weighted by Gasteiger charge is 2.36. The van der Waals surface area contributed by atoms with E-state index in [1.165, 1.54) is 0 Å². The maximum absolute atomic E-state index is 13.4. The molecule has 6 rings (SSSR count). The molecule has 3 aliphatic rings. The topological polar surface area (TPSA) is 80.7 Å². The van der Waals surface area contributed by atoms with E-state index in [9.17, 15) is 9.59 Å². The van der Waals surface area contributed by atoms with Gasteiger partial charge in [0.15, 0.2) is 0 Å². The van der Waals surface area contributed by atoms with Crippen LogP contribution < -0.4 is 19.9 Å². The van der Waals surface area contributed by atoms with Gasteiger partial charge in [0.25, 0.3) is 0 Å². The summed E-state index contributed by atoms with van der Waals surface area (Å²) in [6.45, 7) is 5.51. The predicted molar refractivity (Wildman–Crippen MR) is 168 cm³/mol. The molecule has 9 nitrogen and oxygen atoms in total. The Morgan fingerprint density at radius 3 is 2.55 bits per heavy atom. The second kappa shape index (κ2) is 11.8. The van der Waals surface area contributed by atoms with E-state index in [0.717, 1.165) is 61.0 Å². The Morgan fingerprint density at radius 2 is 1.79 bits per heavy atom. The van der Waals surface area contributed by atoms with E-state index in [-0.39, 0.29) is 11.8 Å². The molecule has 3 aliphatic heterocycles. The molecular formula is C32H35ClN6O3. The van der Waals surface area contributed by atoms with Crippen LogP contribution in [0.1, 0.15) is 17.0 Å². The van der Waals surface area contributed by atoms with Crippen molar-refractivity contribution in [2.24, 2.45) is 4.99 Å². The number of benzene rings is 3. The molecule has 0 saturated carbocycles. The van der Waals surface area contributed by atoms with E-state index in [4.69, 9.17) is 21.3 Å². The molecule has 0 aromatic heterocycles. The number of rotatable bonds is 6. The monoisotopic (exact) mass is 586 g/mol. The third-order valence-corrected chi connectivity index (χ3v) is 8.52. The van der Waals surface area contributed by atoms with Gasteiger partial charge in [-0.1, -0.05) is 23.7 Å². The van der Waals surface area contributed by atoms with E-state index in [2.05, 4.69) is 27.1 Å². The average Bonchev–Trinajstić information content (AvgIpc) is 3.31. The number of hydrogen-bond donors (Lipinski definition) is 1. The van der Waals surface area contributed by atoms with Crippen molar-refractivity contribution in [1.82, 2.24) is 9.80 Å². The molecule has 0 bridgehead atoms. The second-order valence-corrected chi connectivity index (χ2v) is 11.6. The highest BCUT2D eigenvalue weighted by Crippen LogP contribution is 2.40. The molecule has 3 heterocycles. The smallest absolute Gasteiger partial charge is 0.240 e. The Balaban J connectivity index is 1.31. The molecule has 3 aromatic carbocycles. The number of ether oxygens (including phenoxy) is 1. The van der Waals surface area contributed by atoms with E-state index in [0.29, 0.717) is 35.3 Å². The van der Waals surface area contributed by atoms with Crippen molar-refractivity contribution >= 4 is 51.9 Å². The van der Waals surface area contributed by atoms with Crippen LogP contribution in [0.3, 0.4) is 0 Å². The lowest BCUT2D eigenvalue weighted by molar-refractivity contribution is -0.120. The van der Waals surface area contributed by atoms with Crippen LogP contribution in [0.2, 0.25) is 5.02 Å². The summed E-state index contributed by atoms with van der Waals surface area (Å²) in [4.78, 5) is 39.7. The molecule has 1 unspecified atom stereocenters. The summed E-state index contributed by atoms with van der Waals surface area (Å²) in [6.07, 6.45) is 0. The quantitative estimate of drug-likeness (QED) is 0.435. The zero-order valence-corrected chi connectivity index (χ0v) is 24.9. The molecule has 2 amide bonds. The molecule has 1 atom stereocenters. The number of anilines is 3. The Kier molecular flexibility index (Phi) is 7.90. The minimum absolute atomic E-state index is 0.0495. The number of halogens is 1. The molecule has 0 radical (unpaired) electrons. The molecule has 10 heteroatoms. The molecule has 1 N–H and O–H groups in total. The second-order valence-electron chi connectivity index (χ2n) is 11.2. The van der Waals surface area contributed by atoms with E-state index >= 15 is 0 Å². The number of nitrogens with one attached hydrogen (secondary N) is 1. The number of amides is 2. The Hall–Kier alpha value is -3.92. The van der Waals surface area contributed by atoms with Crippen molar-refractivity contribution in [1.29, 1.82) is 0 Å². The number of aliphatic imine (C=N–C) groups is 1. The van der Waals surface area contributed by atoms with Gasteiger partial charge in [0, 0.05) is 62.2 Å². The Labute approximate surface area is 251 Å². The van der Waals surface area contributed by atoms with Crippen molar-refractivity contribution in [2.45, 2.75) is 5.92 Å². The lowest BCUT2D eigenvalue weighted by atomic mass is 9.90. The van der Waals surface area contributed by atoms with Gasteiger partial charge in [-0.3, -0.25) is 19.5 Å². The molecule has 1 saturated heterocycles. The van der Waals surface area contributed by atoms with Gasteiger partial charge in [0.1, 0.15) is 18.3 Å². The molecule has 0 aliphatic carbocycles. The van der Waals surface area contributed by atoms with Gasteiger partial charge in [-0.25, -0.2) is 0 Å². The Bertz CT molecular complexity index is 1530. The molecule has 218 valence electrons. The summed E-state index contributed by atoms with van der Waals surface area (Å²) in [5, 5.41) is 3.53. The van der Waals surface area contributed by atoms with Gasteiger partial charge < -0.3 is 24.8 Å². The normalized spacial score (nSPS) is 19.1. The zero-order chi connectivity index (χ0) is 29.4.